The topological polar surface area (TPSA) is 70.8 Å². The second-order valence-corrected chi connectivity index (χ2v) is 1.26. The molecule has 0 saturated carbocycles. The monoisotopic (exact) mass is 121 g/mol. The van der Waals surface area contributed by atoms with Gasteiger partial charge < -0.3 is 5.11 Å². The maximum Gasteiger partial charge on any atom is 0.184 e. The molecular formula is C3H11N3O2. The number of aliphatic hydroxyl groups excluding tert-OH is 1. The van der Waals surface area contributed by atoms with E-state index in [0.29, 0.717) is 0 Å². The standard InChI is InChI=1S/C3H11N3O2/c1-5-8-6(2)3(4)7/h3,5,7H,4H2,1-2H3. The zero-order valence-corrected chi connectivity index (χ0v) is 4.96. The summed E-state index contributed by atoms with van der Waals surface area (Å²) >= 11 is 0. The van der Waals surface area contributed by atoms with Gasteiger partial charge in [0.1, 0.15) is 0 Å². The van der Waals surface area contributed by atoms with Crippen LogP contribution < -0.4 is 11.2 Å². The molecule has 0 fully saturated rings. The lowest BCUT2D eigenvalue weighted by Gasteiger charge is -2.16. The van der Waals surface area contributed by atoms with Gasteiger partial charge in [0, 0.05) is 14.1 Å². The van der Waals surface area contributed by atoms with E-state index in [4.69, 9.17) is 10.8 Å². The maximum absolute atomic E-state index is 8.49. The molecule has 0 amide bonds. The average molecular weight is 121 g/mol. The highest BCUT2D eigenvalue weighted by Crippen LogP contribution is 1.79. The molecule has 8 heavy (non-hydrogen) atoms. The minimum Gasteiger partial charge on any atom is -0.364 e. The van der Waals surface area contributed by atoms with Crippen LogP contribution in [0.15, 0.2) is 0 Å². The quantitative estimate of drug-likeness (QED) is 0.304. The van der Waals surface area contributed by atoms with Crippen LogP contribution in [0.2, 0.25) is 0 Å². The summed E-state index contributed by atoms with van der Waals surface area (Å²) in [5, 5.41) is 9.56. The van der Waals surface area contributed by atoms with Gasteiger partial charge in [-0.1, -0.05) is 0 Å². The van der Waals surface area contributed by atoms with Crippen molar-refractivity contribution in [2.75, 3.05) is 14.1 Å². The normalized spacial score (nSPS) is 14.6. The molecule has 5 nitrogen and oxygen atoms in total. The Kier molecular flexibility index (Phi) is 3.67. The molecule has 5 heteroatoms. The predicted molar refractivity (Wildman–Crippen MR) is 28.1 cm³/mol. The van der Waals surface area contributed by atoms with Gasteiger partial charge in [-0.3, -0.25) is 5.73 Å². The molecule has 0 saturated heterocycles. The van der Waals surface area contributed by atoms with Crippen molar-refractivity contribution in [1.29, 1.82) is 0 Å². The molecule has 1 unspecified atom stereocenters. The SMILES string of the molecule is CNON(C)C(N)O. The van der Waals surface area contributed by atoms with Gasteiger partial charge >= 0.3 is 0 Å². The van der Waals surface area contributed by atoms with E-state index in [0.717, 1.165) is 5.06 Å². The van der Waals surface area contributed by atoms with Gasteiger partial charge in [-0.05, 0) is 0 Å². The van der Waals surface area contributed by atoms with Crippen LogP contribution in [0.25, 0.3) is 0 Å². The minimum atomic E-state index is -1.08. The Labute approximate surface area is 47.9 Å². The second kappa shape index (κ2) is 3.76. The number of nitrogens with zero attached hydrogens (tertiary/aromatic N) is 1. The Morgan fingerprint density at radius 2 is 2.38 bits per heavy atom. The fourth-order valence-electron chi connectivity index (χ4n) is 0.198. The first-order chi connectivity index (χ1) is 3.68. The minimum absolute atomic E-state index is 1.07. The summed E-state index contributed by atoms with van der Waals surface area (Å²) in [6.07, 6.45) is -1.08. The van der Waals surface area contributed by atoms with Crippen molar-refractivity contribution in [1.82, 2.24) is 10.5 Å². The highest BCUT2D eigenvalue weighted by molar-refractivity contribution is 4.26. The molecule has 0 aliphatic carbocycles. The first kappa shape index (κ1) is 7.80. The Balaban J connectivity index is 3.17. The van der Waals surface area contributed by atoms with E-state index in [2.05, 4.69) is 10.4 Å². The molecule has 0 aromatic carbocycles. The number of nitrogens with one attached hydrogen (secondary N) is 1. The molecule has 0 bridgehead atoms. The molecule has 0 spiro atoms. The van der Waals surface area contributed by atoms with Crippen molar-refractivity contribution in [3.63, 3.8) is 0 Å². The van der Waals surface area contributed by atoms with E-state index in [1.807, 2.05) is 0 Å². The lowest BCUT2D eigenvalue weighted by atomic mass is 11.0. The summed E-state index contributed by atoms with van der Waals surface area (Å²) in [7, 11) is 3.07. The first-order valence-corrected chi connectivity index (χ1v) is 2.18. The molecule has 0 rings (SSSR count). The van der Waals surface area contributed by atoms with Gasteiger partial charge in [0.05, 0.1) is 0 Å². The largest absolute Gasteiger partial charge is 0.364 e. The number of rotatable bonds is 3. The van der Waals surface area contributed by atoms with Crippen LogP contribution >= 0.6 is 0 Å². The van der Waals surface area contributed by atoms with E-state index >= 15 is 0 Å². The van der Waals surface area contributed by atoms with E-state index in [-0.39, 0.29) is 0 Å². The smallest absolute Gasteiger partial charge is 0.184 e. The summed E-state index contributed by atoms with van der Waals surface area (Å²) < 4.78 is 0. The van der Waals surface area contributed by atoms with Crippen LogP contribution in [-0.2, 0) is 4.94 Å². The number of hydrogen-bond donors (Lipinski definition) is 3. The highest BCUT2D eigenvalue weighted by Gasteiger charge is 2.02. The first-order valence-electron chi connectivity index (χ1n) is 2.18. The second-order valence-electron chi connectivity index (χ2n) is 1.26. The van der Waals surface area contributed by atoms with Gasteiger partial charge in [-0.25, -0.2) is 4.94 Å². The zero-order chi connectivity index (χ0) is 6.57. The summed E-state index contributed by atoms with van der Waals surface area (Å²) in [6, 6.07) is 0. The number of hydrogen-bond acceptors (Lipinski definition) is 5. The molecule has 4 N–H and O–H groups in total. The third-order valence-electron chi connectivity index (χ3n) is 0.608. The summed E-state index contributed by atoms with van der Waals surface area (Å²) in [4.78, 5) is 4.51. The Morgan fingerprint density at radius 3 is 2.50 bits per heavy atom. The van der Waals surface area contributed by atoms with Crippen molar-refractivity contribution in [3.8, 4) is 0 Å². The number of hydroxylamine groups is 3. The average Bonchev–Trinajstić information content (AvgIpc) is 1.67. The predicted octanol–water partition coefficient (Wildman–Crippen LogP) is -1.78. The molecule has 0 aliphatic rings. The Bertz CT molecular complexity index is 58.5. The van der Waals surface area contributed by atoms with Crippen molar-refractivity contribution >= 4 is 0 Å². The number of nitrogens with two attached hydrogens (primary N) is 1. The van der Waals surface area contributed by atoms with Gasteiger partial charge in [0.25, 0.3) is 0 Å². The van der Waals surface area contributed by atoms with E-state index in [1.165, 1.54) is 7.05 Å². The lowest BCUT2D eigenvalue weighted by Crippen LogP contribution is -2.41. The van der Waals surface area contributed by atoms with Crippen LogP contribution in [0.3, 0.4) is 0 Å². The Hall–Kier alpha value is -0.200. The van der Waals surface area contributed by atoms with E-state index < -0.39 is 6.35 Å². The third-order valence-corrected chi connectivity index (χ3v) is 0.608. The van der Waals surface area contributed by atoms with Crippen molar-refractivity contribution in [3.05, 3.63) is 0 Å². The molecule has 0 heterocycles. The van der Waals surface area contributed by atoms with Gasteiger partial charge in [0.2, 0.25) is 0 Å². The molecule has 0 radical (unpaired) electrons. The van der Waals surface area contributed by atoms with Crippen LogP contribution in [0.5, 0.6) is 0 Å². The Morgan fingerprint density at radius 1 is 1.88 bits per heavy atom. The van der Waals surface area contributed by atoms with Crippen molar-refractivity contribution in [2.24, 2.45) is 5.73 Å². The van der Waals surface area contributed by atoms with Crippen molar-refractivity contribution < 1.29 is 10.0 Å². The summed E-state index contributed by atoms with van der Waals surface area (Å²) in [5.41, 5.74) is 7.27. The molecule has 0 aliphatic heterocycles. The van der Waals surface area contributed by atoms with Crippen LogP contribution in [0, 0.1) is 0 Å². The molecule has 0 aromatic heterocycles. The zero-order valence-electron chi connectivity index (χ0n) is 4.96. The van der Waals surface area contributed by atoms with Crippen LogP contribution in [0.1, 0.15) is 0 Å². The van der Waals surface area contributed by atoms with Crippen LogP contribution in [-0.4, -0.2) is 30.6 Å². The highest BCUT2D eigenvalue weighted by atomic mass is 16.8. The van der Waals surface area contributed by atoms with Crippen molar-refractivity contribution in [2.45, 2.75) is 6.35 Å². The maximum atomic E-state index is 8.49. The summed E-state index contributed by atoms with van der Waals surface area (Å²) in [6.45, 7) is 0. The van der Waals surface area contributed by atoms with Gasteiger partial charge in [0.15, 0.2) is 6.35 Å². The van der Waals surface area contributed by atoms with Gasteiger partial charge in [-0.2, -0.15) is 5.48 Å². The molecular weight excluding hydrogens is 110 g/mol. The third kappa shape index (κ3) is 2.89. The molecule has 0 aromatic rings. The number of aliphatic hydroxyl groups is 1. The fraction of sp³-hybridized carbons (Fsp3) is 1.00. The summed E-state index contributed by atoms with van der Waals surface area (Å²) in [5.74, 6) is 0. The lowest BCUT2D eigenvalue weighted by molar-refractivity contribution is -0.254. The fourth-order valence-corrected chi connectivity index (χ4v) is 0.198. The molecule has 1 atom stereocenters. The van der Waals surface area contributed by atoms with Gasteiger partial charge in [-0.15, -0.1) is 5.06 Å². The van der Waals surface area contributed by atoms with Crippen LogP contribution in [0.4, 0.5) is 0 Å². The molecule has 50 valence electrons. The van der Waals surface area contributed by atoms with E-state index in [9.17, 15) is 0 Å². The van der Waals surface area contributed by atoms with E-state index in [1.54, 1.807) is 7.05 Å².